The molecular weight excluding hydrogens is 280 g/mol. The molecule has 0 amide bonds. The number of methoxy groups -OCH3 is 1. The topological polar surface area (TPSA) is 81.5 Å². The number of benzene rings is 1. The van der Waals surface area contributed by atoms with Crippen molar-refractivity contribution in [2.75, 3.05) is 13.4 Å². The van der Waals surface area contributed by atoms with Crippen molar-refractivity contribution in [2.24, 2.45) is 0 Å². The Kier molecular flexibility index (Phi) is 6.58. The zero-order chi connectivity index (χ0) is 15.0. The maximum atomic E-state index is 11.8. The fraction of sp³-hybridized carbons (Fsp3) is 0.308. The Hall–Kier alpha value is -2.02. The van der Waals surface area contributed by atoms with E-state index in [4.69, 9.17) is 4.74 Å². The van der Waals surface area contributed by atoms with Crippen LogP contribution in [0.1, 0.15) is 5.56 Å². The van der Waals surface area contributed by atoms with E-state index in [0.717, 1.165) is 11.8 Å². The van der Waals surface area contributed by atoms with Crippen molar-refractivity contribution in [1.82, 2.24) is 5.32 Å². The van der Waals surface area contributed by atoms with Gasteiger partial charge in [-0.1, -0.05) is 30.3 Å². The maximum absolute atomic E-state index is 11.8. The summed E-state index contributed by atoms with van der Waals surface area (Å²) in [6, 6.07) is 8.71. The van der Waals surface area contributed by atoms with Crippen LogP contribution in [0.15, 0.2) is 41.6 Å². The number of nitrogens with zero attached hydrogens (tertiary/aromatic N) is 1. The van der Waals surface area contributed by atoms with E-state index in [2.05, 4.69) is 5.32 Å². The normalized spacial score (nSPS) is 12.6. The van der Waals surface area contributed by atoms with Crippen molar-refractivity contribution < 1.29 is 14.5 Å². The molecule has 1 atom stereocenters. The van der Waals surface area contributed by atoms with E-state index in [1.165, 1.54) is 18.9 Å². The summed E-state index contributed by atoms with van der Waals surface area (Å²) in [7, 11) is 1.29. The van der Waals surface area contributed by atoms with Crippen molar-refractivity contribution in [3.05, 3.63) is 57.2 Å². The average molecular weight is 296 g/mol. The highest BCUT2D eigenvalue weighted by atomic mass is 32.2. The second kappa shape index (κ2) is 8.21. The smallest absolute Gasteiger partial charge is 0.328 e. The third-order valence-corrected chi connectivity index (χ3v) is 3.19. The van der Waals surface area contributed by atoms with Gasteiger partial charge in [0.2, 0.25) is 0 Å². The zero-order valence-electron chi connectivity index (χ0n) is 11.2. The largest absolute Gasteiger partial charge is 0.467 e. The quantitative estimate of drug-likeness (QED) is 0.469. The zero-order valence-corrected chi connectivity index (χ0v) is 12.1. The standard InChI is InChI=1S/C13H16N2O4S/c1-19-13(16)11(8-10-6-4-3-5-7-10)14-12(20-2)9-15(17)18/h3-7,9,11,14H,8H2,1-2H3/b12-9+/t11-/m0/s1. The summed E-state index contributed by atoms with van der Waals surface area (Å²) in [6.07, 6.45) is 2.92. The number of hydrogen-bond acceptors (Lipinski definition) is 6. The van der Waals surface area contributed by atoms with Gasteiger partial charge in [-0.15, -0.1) is 11.8 Å². The van der Waals surface area contributed by atoms with Gasteiger partial charge in [-0.05, 0) is 11.8 Å². The van der Waals surface area contributed by atoms with Crippen molar-refractivity contribution in [3.8, 4) is 0 Å². The molecule has 1 aromatic rings. The Morgan fingerprint density at radius 1 is 1.50 bits per heavy atom. The molecule has 0 fully saturated rings. The van der Waals surface area contributed by atoms with Crippen LogP contribution in [0.2, 0.25) is 0 Å². The van der Waals surface area contributed by atoms with E-state index in [0.29, 0.717) is 11.4 Å². The molecule has 1 rings (SSSR count). The molecule has 0 saturated carbocycles. The summed E-state index contributed by atoms with van der Waals surface area (Å²) in [6.45, 7) is 0. The van der Waals surface area contributed by atoms with Gasteiger partial charge in [-0.2, -0.15) is 0 Å². The lowest BCUT2D eigenvalue weighted by Crippen LogP contribution is -2.38. The minimum atomic E-state index is -0.666. The number of esters is 1. The molecule has 0 aromatic heterocycles. The lowest BCUT2D eigenvalue weighted by atomic mass is 10.1. The first kappa shape index (κ1) is 16.0. The minimum Gasteiger partial charge on any atom is -0.467 e. The molecule has 7 heteroatoms. The van der Waals surface area contributed by atoms with Gasteiger partial charge < -0.3 is 10.1 Å². The number of rotatable bonds is 7. The number of nitrogens with one attached hydrogen (secondary N) is 1. The van der Waals surface area contributed by atoms with E-state index < -0.39 is 16.9 Å². The predicted molar refractivity (Wildman–Crippen MR) is 77.7 cm³/mol. The minimum absolute atomic E-state index is 0.307. The van der Waals surface area contributed by atoms with Gasteiger partial charge in [-0.25, -0.2) is 4.79 Å². The molecule has 1 aromatic carbocycles. The molecule has 0 saturated heterocycles. The van der Waals surface area contributed by atoms with Gasteiger partial charge in [-0.3, -0.25) is 10.1 Å². The predicted octanol–water partition coefficient (Wildman–Crippen LogP) is 1.80. The summed E-state index contributed by atoms with van der Waals surface area (Å²) in [5, 5.41) is 13.7. The Morgan fingerprint density at radius 2 is 2.15 bits per heavy atom. The lowest BCUT2D eigenvalue weighted by molar-refractivity contribution is -0.403. The Morgan fingerprint density at radius 3 is 2.65 bits per heavy atom. The van der Waals surface area contributed by atoms with Crippen LogP contribution >= 0.6 is 11.8 Å². The molecule has 0 aliphatic carbocycles. The van der Waals surface area contributed by atoms with Crippen LogP contribution in [-0.2, 0) is 16.0 Å². The van der Waals surface area contributed by atoms with Crippen LogP contribution in [0.3, 0.4) is 0 Å². The SMILES string of the molecule is COC(=O)[C@H](Cc1ccccc1)N/C(=C\[N+](=O)[O-])SC. The lowest BCUT2D eigenvalue weighted by Gasteiger charge is -2.17. The molecule has 0 aliphatic heterocycles. The van der Waals surface area contributed by atoms with Gasteiger partial charge in [0.1, 0.15) is 11.1 Å². The Balaban J connectivity index is 2.84. The van der Waals surface area contributed by atoms with Crippen molar-refractivity contribution in [1.29, 1.82) is 0 Å². The van der Waals surface area contributed by atoms with E-state index in [9.17, 15) is 14.9 Å². The summed E-state index contributed by atoms with van der Waals surface area (Å²) >= 11 is 1.17. The van der Waals surface area contributed by atoms with Crippen LogP contribution in [0.5, 0.6) is 0 Å². The van der Waals surface area contributed by atoms with Crippen LogP contribution in [0.4, 0.5) is 0 Å². The number of carbonyl (C=O) groups is 1. The fourth-order valence-corrected chi connectivity index (χ4v) is 2.05. The average Bonchev–Trinajstić information content (AvgIpc) is 2.45. The van der Waals surface area contributed by atoms with Gasteiger partial charge in [0.15, 0.2) is 0 Å². The molecule has 0 radical (unpaired) electrons. The van der Waals surface area contributed by atoms with Crippen LogP contribution < -0.4 is 5.32 Å². The first-order valence-corrected chi connectivity index (χ1v) is 7.07. The summed E-state index contributed by atoms with van der Waals surface area (Å²) in [5.41, 5.74) is 0.942. The number of ether oxygens (including phenoxy) is 1. The first-order chi connectivity index (χ1) is 9.56. The number of hydrogen-bond donors (Lipinski definition) is 1. The van der Waals surface area contributed by atoms with Crippen molar-refractivity contribution in [2.45, 2.75) is 12.5 Å². The number of thioether (sulfide) groups is 1. The van der Waals surface area contributed by atoms with Gasteiger partial charge in [0.05, 0.1) is 12.0 Å². The highest BCUT2D eigenvalue weighted by Gasteiger charge is 2.21. The van der Waals surface area contributed by atoms with Crippen LogP contribution in [-0.4, -0.2) is 30.3 Å². The molecule has 6 nitrogen and oxygen atoms in total. The van der Waals surface area contributed by atoms with Gasteiger partial charge in [0.25, 0.3) is 6.20 Å². The first-order valence-electron chi connectivity index (χ1n) is 5.84. The van der Waals surface area contributed by atoms with Crippen LogP contribution in [0, 0.1) is 10.1 Å². The Labute approximate surface area is 121 Å². The van der Waals surface area contributed by atoms with E-state index in [1.54, 1.807) is 6.26 Å². The third-order valence-electron chi connectivity index (χ3n) is 2.53. The molecule has 0 unspecified atom stereocenters. The fourth-order valence-electron chi connectivity index (χ4n) is 1.60. The molecule has 0 bridgehead atoms. The van der Waals surface area contributed by atoms with Gasteiger partial charge >= 0.3 is 5.97 Å². The third kappa shape index (κ3) is 5.31. The number of nitro groups is 1. The summed E-state index contributed by atoms with van der Waals surface area (Å²) < 4.78 is 4.73. The molecule has 108 valence electrons. The van der Waals surface area contributed by atoms with E-state index >= 15 is 0 Å². The highest BCUT2D eigenvalue weighted by molar-refractivity contribution is 8.02. The van der Waals surface area contributed by atoms with E-state index in [-0.39, 0.29) is 0 Å². The van der Waals surface area contributed by atoms with Crippen molar-refractivity contribution >= 4 is 17.7 Å². The van der Waals surface area contributed by atoms with E-state index in [1.807, 2.05) is 30.3 Å². The second-order valence-electron chi connectivity index (χ2n) is 3.89. The molecule has 20 heavy (non-hydrogen) atoms. The van der Waals surface area contributed by atoms with Crippen LogP contribution in [0.25, 0.3) is 0 Å². The molecule has 1 N–H and O–H groups in total. The van der Waals surface area contributed by atoms with Gasteiger partial charge in [0, 0.05) is 6.42 Å². The number of carbonyl (C=O) groups excluding carboxylic acids is 1. The highest BCUT2D eigenvalue weighted by Crippen LogP contribution is 2.12. The monoisotopic (exact) mass is 296 g/mol. The molecular formula is C13H16N2O4S. The van der Waals surface area contributed by atoms with Crippen molar-refractivity contribution in [3.63, 3.8) is 0 Å². The maximum Gasteiger partial charge on any atom is 0.328 e. The second-order valence-corrected chi connectivity index (χ2v) is 4.74. The Bertz CT molecular complexity index is 490. The summed E-state index contributed by atoms with van der Waals surface area (Å²) in [4.78, 5) is 21.7. The molecule has 0 aliphatic rings. The molecule has 0 heterocycles. The molecule has 0 spiro atoms. The summed E-state index contributed by atoms with van der Waals surface area (Å²) in [5.74, 6) is -0.461.